The van der Waals surface area contributed by atoms with Gasteiger partial charge in [-0.2, -0.15) is 0 Å². The standard InChI is InChI=1S/C62H104O6/c1-4-7-10-13-16-19-22-24-26-27-28-29-30-31-32-33-34-35-36-38-40-43-46-49-52-55-61(64)67-58-59(57-66-60(63)54-51-48-45-42-39-21-18-15-12-9-6-3)68-62(65)56-53-50-47-44-41-37-25-23-20-17-14-11-8-5-2/h7,10,15-16,18-19,24,26,28-29,31-32,34-35,38,40,59H,4-6,8-9,11-14,17,20-23,25,27,30,33,36-37,39,41-58H2,1-3H3/b10-7-,18-15-,19-16-,26-24-,29-28-,32-31-,35-34-,40-38-. The molecule has 388 valence electrons. The summed E-state index contributed by atoms with van der Waals surface area (Å²) in [6.07, 6.45) is 74.0. The minimum Gasteiger partial charge on any atom is -0.462 e. The van der Waals surface area contributed by atoms with Crippen molar-refractivity contribution in [3.8, 4) is 0 Å². The summed E-state index contributed by atoms with van der Waals surface area (Å²) >= 11 is 0. The maximum Gasteiger partial charge on any atom is 0.306 e. The van der Waals surface area contributed by atoms with Gasteiger partial charge in [0.2, 0.25) is 0 Å². The van der Waals surface area contributed by atoms with Gasteiger partial charge in [0.25, 0.3) is 0 Å². The lowest BCUT2D eigenvalue weighted by Crippen LogP contribution is -2.30. The molecule has 0 N–H and O–H groups in total. The largest absolute Gasteiger partial charge is 0.462 e. The van der Waals surface area contributed by atoms with E-state index in [4.69, 9.17) is 14.2 Å². The van der Waals surface area contributed by atoms with Gasteiger partial charge in [-0.1, -0.05) is 240 Å². The normalized spacial score (nSPS) is 12.8. The Morgan fingerprint density at radius 2 is 0.588 bits per heavy atom. The van der Waals surface area contributed by atoms with Crippen LogP contribution >= 0.6 is 0 Å². The summed E-state index contributed by atoms with van der Waals surface area (Å²) in [6.45, 7) is 6.45. The summed E-state index contributed by atoms with van der Waals surface area (Å²) in [4.78, 5) is 38.0. The molecule has 0 fully saturated rings. The molecule has 0 radical (unpaired) electrons. The molecule has 0 aromatic rings. The van der Waals surface area contributed by atoms with Crippen molar-refractivity contribution >= 4 is 17.9 Å². The van der Waals surface area contributed by atoms with E-state index in [2.05, 4.69) is 118 Å². The van der Waals surface area contributed by atoms with Crippen LogP contribution < -0.4 is 0 Å². The zero-order chi connectivity index (χ0) is 49.3. The number of ether oxygens (including phenoxy) is 3. The first-order chi connectivity index (χ1) is 33.5. The van der Waals surface area contributed by atoms with E-state index in [0.29, 0.717) is 19.3 Å². The molecular formula is C62H104O6. The van der Waals surface area contributed by atoms with Gasteiger partial charge in [-0.15, -0.1) is 0 Å². The third kappa shape index (κ3) is 53.3. The van der Waals surface area contributed by atoms with E-state index in [1.54, 1.807) is 0 Å². The van der Waals surface area contributed by atoms with Crippen molar-refractivity contribution in [3.05, 3.63) is 97.2 Å². The van der Waals surface area contributed by atoms with Crippen molar-refractivity contribution in [2.45, 2.75) is 264 Å². The fraction of sp³-hybridized carbons (Fsp3) is 0.694. The second-order valence-corrected chi connectivity index (χ2v) is 18.5. The Kier molecular flexibility index (Phi) is 52.9. The maximum absolute atomic E-state index is 12.8. The predicted molar refractivity (Wildman–Crippen MR) is 293 cm³/mol. The van der Waals surface area contributed by atoms with Gasteiger partial charge in [-0.3, -0.25) is 14.4 Å². The molecule has 0 saturated heterocycles. The van der Waals surface area contributed by atoms with E-state index < -0.39 is 6.10 Å². The zero-order valence-electron chi connectivity index (χ0n) is 44.3. The quantitative estimate of drug-likeness (QED) is 0.0262. The lowest BCUT2D eigenvalue weighted by molar-refractivity contribution is -0.167. The van der Waals surface area contributed by atoms with Gasteiger partial charge in [0, 0.05) is 19.3 Å². The molecule has 0 aliphatic heterocycles. The molecular weight excluding hydrogens is 841 g/mol. The van der Waals surface area contributed by atoms with Crippen LogP contribution in [0.5, 0.6) is 0 Å². The molecule has 0 aromatic carbocycles. The number of hydrogen-bond acceptors (Lipinski definition) is 6. The van der Waals surface area contributed by atoms with Crippen LogP contribution in [0.15, 0.2) is 97.2 Å². The highest BCUT2D eigenvalue weighted by molar-refractivity contribution is 5.71. The summed E-state index contributed by atoms with van der Waals surface area (Å²) in [5, 5.41) is 0. The first kappa shape index (κ1) is 64.3. The third-order valence-corrected chi connectivity index (χ3v) is 11.8. The van der Waals surface area contributed by atoms with Crippen LogP contribution in [0.4, 0.5) is 0 Å². The number of esters is 3. The molecule has 6 nitrogen and oxygen atoms in total. The monoisotopic (exact) mass is 945 g/mol. The second kappa shape index (κ2) is 55.9. The SMILES string of the molecule is CC/C=C\C/C=C\C/C=C\C/C=C\C/C=C\C/C=C\C/C=C\CCCCCC(=O)OCC(COC(=O)CCCCCCC/C=C\CCCC)OC(=O)CCCCCCCCCCCCCCCC. The van der Waals surface area contributed by atoms with Crippen molar-refractivity contribution in [2.24, 2.45) is 0 Å². The highest BCUT2D eigenvalue weighted by Crippen LogP contribution is 2.15. The van der Waals surface area contributed by atoms with Crippen LogP contribution in [0.2, 0.25) is 0 Å². The number of rotatable bonds is 50. The van der Waals surface area contributed by atoms with Gasteiger partial charge in [-0.25, -0.2) is 0 Å². The number of allylic oxidation sites excluding steroid dienone is 16. The Labute approximate surface area is 419 Å². The Balaban J connectivity index is 4.38. The highest BCUT2D eigenvalue weighted by Gasteiger charge is 2.19. The zero-order valence-corrected chi connectivity index (χ0v) is 44.3. The molecule has 1 atom stereocenters. The van der Waals surface area contributed by atoms with Crippen molar-refractivity contribution in [3.63, 3.8) is 0 Å². The van der Waals surface area contributed by atoms with Crippen LogP contribution in [0.25, 0.3) is 0 Å². The lowest BCUT2D eigenvalue weighted by Gasteiger charge is -2.18. The van der Waals surface area contributed by atoms with Crippen molar-refractivity contribution in [1.29, 1.82) is 0 Å². The van der Waals surface area contributed by atoms with Crippen LogP contribution in [0, 0.1) is 0 Å². The van der Waals surface area contributed by atoms with E-state index >= 15 is 0 Å². The van der Waals surface area contributed by atoms with Crippen LogP contribution in [-0.2, 0) is 28.6 Å². The number of carbonyl (C=O) groups excluding carboxylic acids is 3. The topological polar surface area (TPSA) is 78.9 Å². The molecule has 68 heavy (non-hydrogen) atoms. The first-order valence-electron chi connectivity index (χ1n) is 28.2. The van der Waals surface area contributed by atoms with Crippen LogP contribution in [0.1, 0.15) is 258 Å². The first-order valence-corrected chi connectivity index (χ1v) is 28.2. The Morgan fingerprint density at radius 3 is 0.971 bits per heavy atom. The highest BCUT2D eigenvalue weighted by atomic mass is 16.6. The van der Waals surface area contributed by atoms with E-state index in [0.717, 1.165) is 116 Å². The van der Waals surface area contributed by atoms with E-state index in [-0.39, 0.29) is 31.1 Å². The maximum atomic E-state index is 12.8. The predicted octanol–water partition coefficient (Wildman–Crippen LogP) is 18.9. The van der Waals surface area contributed by atoms with Gasteiger partial charge in [-0.05, 0) is 96.3 Å². The van der Waals surface area contributed by atoms with E-state index in [9.17, 15) is 14.4 Å². The van der Waals surface area contributed by atoms with Gasteiger partial charge in [0.1, 0.15) is 13.2 Å². The number of hydrogen-bond donors (Lipinski definition) is 0. The van der Waals surface area contributed by atoms with Crippen LogP contribution in [0.3, 0.4) is 0 Å². The Bertz CT molecular complexity index is 1360. The fourth-order valence-electron chi connectivity index (χ4n) is 7.58. The van der Waals surface area contributed by atoms with Crippen molar-refractivity contribution < 1.29 is 28.6 Å². The average molecular weight is 946 g/mol. The van der Waals surface area contributed by atoms with Gasteiger partial charge >= 0.3 is 17.9 Å². The molecule has 0 aliphatic carbocycles. The number of carbonyl (C=O) groups is 3. The molecule has 0 aliphatic rings. The van der Waals surface area contributed by atoms with Crippen LogP contribution in [-0.4, -0.2) is 37.2 Å². The summed E-state index contributed by atoms with van der Waals surface area (Å²) < 4.78 is 16.8. The van der Waals surface area contributed by atoms with Crippen molar-refractivity contribution in [1.82, 2.24) is 0 Å². The molecule has 1 unspecified atom stereocenters. The lowest BCUT2D eigenvalue weighted by atomic mass is 10.0. The summed E-state index contributed by atoms with van der Waals surface area (Å²) in [7, 11) is 0. The Hall–Kier alpha value is -3.67. The van der Waals surface area contributed by atoms with Crippen molar-refractivity contribution in [2.75, 3.05) is 13.2 Å². The summed E-state index contributed by atoms with van der Waals surface area (Å²) in [5.74, 6) is -0.932. The average Bonchev–Trinajstić information content (AvgIpc) is 3.34. The number of unbranched alkanes of at least 4 members (excludes halogenated alkanes) is 23. The second-order valence-electron chi connectivity index (χ2n) is 18.5. The molecule has 0 spiro atoms. The molecule has 0 rings (SSSR count). The fourth-order valence-corrected chi connectivity index (χ4v) is 7.58. The third-order valence-electron chi connectivity index (χ3n) is 11.8. The smallest absolute Gasteiger partial charge is 0.306 e. The Morgan fingerprint density at radius 1 is 0.309 bits per heavy atom. The van der Waals surface area contributed by atoms with Gasteiger partial charge in [0.05, 0.1) is 0 Å². The van der Waals surface area contributed by atoms with E-state index in [1.165, 1.54) is 103 Å². The molecule has 0 aromatic heterocycles. The van der Waals surface area contributed by atoms with E-state index in [1.807, 2.05) is 0 Å². The minimum absolute atomic E-state index is 0.0914. The summed E-state index contributed by atoms with van der Waals surface area (Å²) in [6, 6.07) is 0. The molecule has 0 bridgehead atoms. The molecule has 6 heteroatoms. The molecule has 0 saturated carbocycles. The minimum atomic E-state index is -0.793. The molecule has 0 amide bonds. The van der Waals surface area contributed by atoms with Gasteiger partial charge in [0.15, 0.2) is 6.10 Å². The van der Waals surface area contributed by atoms with Gasteiger partial charge < -0.3 is 14.2 Å². The molecule has 0 heterocycles. The summed E-state index contributed by atoms with van der Waals surface area (Å²) in [5.41, 5.74) is 0.